The van der Waals surface area contributed by atoms with Crippen LogP contribution in [0.3, 0.4) is 0 Å². The lowest BCUT2D eigenvalue weighted by Crippen LogP contribution is -2.45. The first-order valence-electron chi connectivity index (χ1n) is 6.52. The van der Waals surface area contributed by atoms with Crippen molar-refractivity contribution in [2.75, 3.05) is 19.7 Å². The van der Waals surface area contributed by atoms with E-state index in [2.05, 4.69) is 18.7 Å². The van der Waals surface area contributed by atoms with E-state index in [4.69, 9.17) is 4.74 Å². The van der Waals surface area contributed by atoms with Crippen molar-refractivity contribution in [3.8, 4) is 0 Å². The minimum atomic E-state index is -0.352. The number of piperidine rings is 1. The lowest BCUT2D eigenvalue weighted by atomic mass is 9.95. The van der Waals surface area contributed by atoms with Gasteiger partial charge in [0.15, 0.2) is 0 Å². The normalized spacial score (nSPS) is 29.6. The Balaban J connectivity index is 2.28. The van der Waals surface area contributed by atoms with Crippen LogP contribution in [0.15, 0.2) is 0 Å². The van der Waals surface area contributed by atoms with Gasteiger partial charge in [0.2, 0.25) is 0 Å². The summed E-state index contributed by atoms with van der Waals surface area (Å²) < 4.78 is 5.43. The van der Waals surface area contributed by atoms with Crippen LogP contribution in [0.1, 0.15) is 40.5 Å². The number of rotatable bonds is 5. The third-order valence-electron chi connectivity index (χ3n) is 3.31. The van der Waals surface area contributed by atoms with Gasteiger partial charge in [-0.05, 0) is 39.5 Å². The number of ether oxygens (including phenoxy) is 1. The predicted octanol–water partition coefficient (Wildman–Crippen LogP) is 1.89. The van der Waals surface area contributed by atoms with Gasteiger partial charge in [0.05, 0.1) is 18.8 Å². The van der Waals surface area contributed by atoms with Crippen molar-refractivity contribution in [3.05, 3.63) is 0 Å². The predicted molar refractivity (Wildman–Crippen MR) is 66.5 cm³/mol. The molecule has 1 rings (SSSR count). The zero-order chi connectivity index (χ0) is 12.1. The minimum absolute atomic E-state index is 0.201. The molecule has 1 saturated heterocycles. The number of aliphatic hydroxyl groups is 1. The molecule has 1 aliphatic heterocycles. The molecule has 0 saturated carbocycles. The fourth-order valence-electron chi connectivity index (χ4n) is 2.26. The highest BCUT2D eigenvalue weighted by Gasteiger charge is 2.24. The van der Waals surface area contributed by atoms with E-state index in [0.29, 0.717) is 12.6 Å². The maximum absolute atomic E-state index is 9.89. The van der Waals surface area contributed by atoms with Crippen LogP contribution in [-0.2, 0) is 4.74 Å². The third-order valence-corrected chi connectivity index (χ3v) is 3.31. The van der Waals surface area contributed by atoms with E-state index in [0.717, 1.165) is 19.0 Å². The average Bonchev–Trinajstić information content (AvgIpc) is 2.20. The number of aliphatic hydroxyl groups excluding tert-OH is 1. The summed E-state index contributed by atoms with van der Waals surface area (Å²) in [5, 5.41) is 9.89. The van der Waals surface area contributed by atoms with E-state index in [1.165, 1.54) is 12.8 Å². The monoisotopic (exact) mass is 229 g/mol. The summed E-state index contributed by atoms with van der Waals surface area (Å²) in [6.07, 6.45) is 2.41. The number of hydrogen-bond donors (Lipinski definition) is 1. The second kappa shape index (κ2) is 6.58. The Bertz CT molecular complexity index is 196. The molecule has 1 aliphatic rings. The smallest absolute Gasteiger partial charge is 0.0900 e. The molecule has 0 aromatic rings. The van der Waals surface area contributed by atoms with Gasteiger partial charge in [-0.15, -0.1) is 0 Å². The Labute approximate surface area is 99.8 Å². The Morgan fingerprint density at radius 3 is 2.62 bits per heavy atom. The van der Waals surface area contributed by atoms with Crippen LogP contribution < -0.4 is 0 Å². The molecule has 1 heterocycles. The molecule has 3 nitrogen and oxygen atoms in total. The molecule has 0 aliphatic carbocycles. The van der Waals surface area contributed by atoms with Crippen LogP contribution in [0.25, 0.3) is 0 Å². The maximum atomic E-state index is 9.89. The quantitative estimate of drug-likeness (QED) is 0.781. The third kappa shape index (κ3) is 4.81. The maximum Gasteiger partial charge on any atom is 0.0900 e. The van der Waals surface area contributed by atoms with Gasteiger partial charge in [0, 0.05) is 19.1 Å². The van der Waals surface area contributed by atoms with Crippen LogP contribution >= 0.6 is 0 Å². The molecule has 16 heavy (non-hydrogen) atoms. The molecule has 3 unspecified atom stereocenters. The molecular formula is C13H27NO2. The lowest BCUT2D eigenvalue weighted by molar-refractivity contribution is -0.0207. The summed E-state index contributed by atoms with van der Waals surface area (Å²) in [4.78, 5) is 2.39. The molecular weight excluding hydrogens is 202 g/mol. The number of nitrogens with zero attached hydrogens (tertiary/aromatic N) is 1. The zero-order valence-electron chi connectivity index (χ0n) is 11.1. The van der Waals surface area contributed by atoms with Gasteiger partial charge < -0.3 is 9.84 Å². The molecule has 0 aromatic heterocycles. The highest BCUT2D eigenvalue weighted by Crippen LogP contribution is 2.21. The fraction of sp³-hybridized carbons (Fsp3) is 1.00. The minimum Gasteiger partial charge on any atom is -0.389 e. The molecule has 0 spiro atoms. The molecule has 96 valence electrons. The van der Waals surface area contributed by atoms with E-state index in [1.54, 1.807) is 0 Å². The van der Waals surface area contributed by atoms with E-state index >= 15 is 0 Å². The van der Waals surface area contributed by atoms with Crippen LogP contribution in [0, 0.1) is 5.92 Å². The van der Waals surface area contributed by atoms with Gasteiger partial charge in [-0.1, -0.05) is 6.92 Å². The van der Waals surface area contributed by atoms with Gasteiger partial charge in [0.25, 0.3) is 0 Å². The average molecular weight is 229 g/mol. The molecule has 0 bridgehead atoms. The zero-order valence-corrected chi connectivity index (χ0v) is 11.1. The fourth-order valence-corrected chi connectivity index (χ4v) is 2.26. The Morgan fingerprint density at radius 2 is 2.00 bits per heavy atom. The second-order valence-electron chi connectivity index (χ2n) is 5.52. The Hall–Kier alpha value is -0.120. The number of hydrogen-bond acceptors (Lipinski definition) is 3. The highest BCUT2D eigenvalue weighted by molar-refractivity contribution is 4.78. The number of likely N-dealkylation sites (tertiary alicyclic amines) is 1. The Kier molecular flexibility index (Phi) is 5.73. The van der Waals surface area contributed by atoms with Gasteiger partial charge in [-0.25, -0.2) is 0 Å². The molecule has 0 aromatic carbocycles. The molecule has 0 amide bonds. The number of β-amino-alcohol motifs (C(OH)–C–C–N with tert-alkyl or cyclic N) is 1. The van der Waals surface area contributed by atoms with Crippen molar-refractivity contribution in [1.82, 2.24) is 4.90 Å². The molecule has 1 N–H and O–H groups in total. The first-order valence-corrected chi connectivity index (χ1v) is 6.52. The summed E-state index contributed by atoms with van der Waals surface area (Å²) in [5.41, 5.74) is 0. The highest BCUT2D eigenvalue weighted by atomic mass is 16.5. The summed E-state index contributed by atoms with van der Waals surface area (Å²) in [5.74, 6) is 0.759. The van der Waals surface area contributed by atoms with Crippen LogP contribution in [0.5, 0.6) is 0 Å². The van der Waals surface area contributed by atoms with E-state index in [9.17, 15) is 5.11 Å². The Morgan fingerprint density at radius 1 is 1.31 bits per heavy atom. The van der Waals surface area contributed by atoms with Crippen LogP contribution in [0.2, 0.25) is 0 Å². The van der Waals surface area contributed by atoms with Crippen LogP contribution in [0.4, 0.5) is 0 Å². The second-order valence-corrected chi connectivity index (χ2v) is 5.52. The first-order chi connectivity index (χ1) is 7.49. The standard InChI is InChI=1S/C13H27NO2/c1-10(2)16-9-13(15)8-14-7-11(3)5-6-12(14)4/h10-13,15H,5-9H2,1-4H3. The SMILES string of the molecule is CC1CCC(C)N(CC(O)COC(C)C)C1. The van der Waals surface area contributed by atoms with E-state index in [-0.39, 0.29) is 12.2 Å². The van der Waals surface area contributed by atoms with Gasteiger partial charge in [-0.3, -0.25) is 4.90 Å². The lowest BCUT2D eigenvalue weighted by Gasteiger charge is -2.37. The molecule has 3 atom stereocenters. The molecule has 1 fully saturated rings. The molecule has 3 heteroatoms. The van der Waals surface area contributed by atoms with Crippen molar-refractivity contribution < 1.29 is 9.84 Å². The summed E-state index contributed by atoms with van der Waals surface area (Å²) in [7, 11) is 0. The van der Waals surface area contributed by atoms with Crippen molar-refractivity contribution in [1.29, 1.82) is 0 Å². The first kappa shape index (κ1) is 13.9. The topological polar surface area (TPSA) is 32.7 Å². The van der Waals surface area contributed by atoms with Crippen molar-refractivity contribution >= 4 is 0 Å². The van der Waals surface area contributed by atoms with Gasteiger partial charge in [0.1, 0.15) is 0 Å². The van der Waals surface area contributed by atoms with Gasteiger partial charge >= 0.3 is 0 Å². The van der Waals surface area contributed by atoms with Crippen LogP contribution in [-0.4, -0.2) is 48.0 Å². The van der Waals surface area contributed by atoms with Crippen molar-refractivity contribution in [2.45, 2.75) is 58.8 Å². The summed E-state index contributed by atoms with van der Waals surface area (Å²) in [6.45, 7) is 10.8. The van der Waals surface area contributed by atoms with E-state index < -0.39 is 0 Å². The largest absolute Gasteiger partial charge is 0.389 e. The van der Waals surface area contributed by atoms with Gasteiger partial charge in [-0.2, -0.15) is 0 Å². The summed E-state index contributed by atoms with van der Waals surface area (Å²) >= 11 is 0. The van der Waals surface area contributed by atoms with Crippen molar-refractivity contribution in [3.63, 3.8) is 0 Å². The van der Waals surface area contributed by atoms with E-state index in [1.807, 2.05) is 13.8 Å². The summed E-state index contributed by atoms with van der Waals surface area (Å²) in [6, 6.07) is 0.602. The molecule has 0 radical (unpaired) electrons. The van der Waals surface area contributed by atoms with Crippen molar-refractivity contribution in [2.24, 2.45) is 5.92 Å².